The number of ether oxygens (including phenoxy) is 2. The predicted octanol–water partition coefficient (Wildman–Crippen LogP) is 3.59. The highest BCUT2D eigenvalue weighted by atomic mass is 32.2. The second-order valence-electron chi connectivity index (χ2n) is 5.20. The van der Waals surface area contributed by atoms with Crippen molar-refractivity contribution in [1.82, 2.24) is 4.90 Å². The molecule has 0 saturated carbocycles. The normalized spacial score (nSPS) is 17.1. The third-order valence-electron chi connectivity index (χ3n) is 3.88. The van der Waals surface area contributed by atoms with Gasteiger partial charge in [0.1, 0.15) is 16.9 Å². The summed E-state index contributed by atoms with van der Waals surface area (Å²) >= 11 is 1.74. The average molecular weight is 329 g/mol. The van der Waals surface area contributed by atoms with Crippen LogP contribution < -0.4 is 9.47 Å². The summed E-state index contributed by atoms with van der Waals surface area (Å²) in [4.78, 5) is 14.7. The van der Waals surface area contributed by atoms with E-state index in [9.17, 15) is 4.79 Å². The zero-order chi connectivity index (χ0) is 16.2. The molecule has 0 spiro atoms. The maximum atomic E-state index is 12.8. The molecule has 0 aliphatic carbocycles. The number of hydrogen-bond acceptors (Lipinski definition) is 4. The van der Waals surface area contributed by atoms with Crippen molar-refractivity contribution in [2.75, 3.05) is 26.5 Å². The van der Waals surface area contributed by atoms with Gasteiger partial charge in [0.15, 0.2) is 0 Å². The Labute approximate surface area is 140 Å². The largest absolute Gasteiger partial charge is 0.497 e. The second-order valence-corrected chi connectivity index (χ2v) is 6.38. The second kappa shape index (κ2) is 6.96. The van der Waals surface area contributed by atoms with Crippen LogP contribution in [0.2, 0.25) is 0 Å². The van der Waals surface area contributed by atoms with Crippen LogP contribution in [-0.2, 0) is 0 Å². The Bertz CT molecular complexity index is 690. The quantitative estimate of drug-likeness (QED) is 0.859. The van der Waals surface area contributed by atoms with Crippen molar-refractivity contribution in [3.05, 3.63) is 59.7 Å². The predicted molar refractivity (Wildman–Crippen MR) is 92.2 cm³/mol. The van der Waals surface area contributed by atoms with Crippen LogP contribution in [0.25, 0.3) is 0 Å². The molecule has 1 amide bonds. The minimum atomic E-state index is -0.0623. The lowest BCUT2D eigenvalue weighted by atomic mass is 10.1. The van der Waals surface area contributed by atoms with E-state index >= 15 is 0 Å². The molecule has 1 aliphatic rings. The summed E-state index contributed by atoms with van der Waals surface area (Å²) in [6.45, 7) is 0.726. The number of amides is 1. The topological polar surface area (TPSA) is 38.8 Å². The molecule has 0 bridgehead atoms. The fourth-order valence-corrected chi connectivity index (χ4v) is 3.98. The molecule has 1 aliphatic heterocycles. The number of benzene rings is 2. The first-order chi connectivity index (χ1) is 11.2. The molecule has 1 saturated heterocycles. The van der Waals surface area contributed by atoms with Crippen LogP contribution in [-0.4, -0.2) is 37.3 Å². The summed E-state index contributed by atoms with van der Waals surface area (Å²) in [6, 6.07) is 15.1. The number of nitrogens with zero attached hydrogens (tertiary/aromatic N) is 1. The molecule has 1 atom stereocenters. The molecular formula is C18H19NO3S. The van der Waals surface area contributed by atoms with Crippen molar-refractivity contribution in [2.24, 2.45) is 0 Å². The molecule has 5 heteroatoms. The van der Waals surface area contributed by atoms with Crippen LogP contribution in [0.5, 0.6) is 11.5 Å². The van der Waals surface area contributed by atoms with Crippen molar-refractivity contribution in [3.63, 3.8) is 0 Å². The minimum Gasteiger partial charge on any atom is -0.497 e. The fourth-order valence-electron chi connectivity index (χ4n) is 2.71. The maximum absolute atomic E-state index is 12.8. The van der Waals surface area contributed by atoms with Crippen molar-refractivity contribution >= 4 is 17.7 Å². The van der Waals surface area contributed by atoms with Crippen molar-refractivity contribution in [2.45, 2.75) is 5.37 Å². The zero-order valence-electron chi connectivity index (χ0n) is 13.2. The Morgan fingerprint density at radius 2 is 1.91 bits per heavy atom. The lowest BCUT2D eigenvalue weighted by Gasteiger charge is -2.26. The summed E-state index contributed by atoms with van der Waals surface area (Å²) in [5.74, 6) is 2.49. The highest BCUT2D eigenvalue weighted by Gasteiger charge is 2.33. The number of rotatable bonds is 4. The lowest BCUT2D eigenvalue weighted by Crippen LogP contribution is -2.30. The van der Waals surface area contributed by atoms with Crippen LogP contribution in [0.3, 0.4) is 0 Å². The highest BCUT2D eigenvalue weighted by Crippen LogP contribution is 2.43. The zero-order valence-corrected chi connectivity index (χ0v) is 14.0. The summed E-state index contributed by atoms with van der Waals surface area (Å²) in [5, 5.41) is -0.0623. The van der Waals surface area contributed by atoms with E-state index in [1.165, 1.54) is 0 Å². The Kier molecular flexibility index (Phi) is 4.76. The summed E-state index contributed by atoms with van der Waals surface area (Å²) in [7, 11) is 3.29. The first kappa shape index (κ1) is 15.7. The number of hydrogen-bond donors (Lipinski definition) is 0. The number of carbonyl (C=O) groups excluding carboxylic acids is 1. The summed E-state index contributed by atoms with van der Waals surface area (Å²) in [5.41, 5.74) is 1.68. The summed E-state index contributed by atoms with van der Waals surface area (Å²) in [6.07, 6.45) is 0. The first-order valence-electron chi connectivity index (χ1n) is 7.44. The van der Waals surface area contributed by atoms with Gasteiger partial charge < -0.3 is 14.4 Å². The molecule has 3 rings (SSSR count). The monoisotopic (exact) mass is 329 g/mol. The highest BCUT2D eigenvalue weighted by molar-refractivity contribution is 7.99. The van der Waals surface area contributed by atoms with E-state index in [-0.39, 0.29) is 11.3 Å². The number of thioether (sulfide) groups is 1. The van der Waals surface area contributed by atoms with Gasteiger partial charge in [0.05, 0.1) is 14.2 Å². The van der Waals surface area contributed by atoms with Gasteiger partial charge >= 0.3 is 0 Å². The van der Waals surface area contributed by atoms with E-state index in [0.29, 0.717) is 5.56 Å². The molecule has 23 heavy (non-hydrogen) atoms. The van der Waals surface area contributed by atoms with Gasteiger partial charge in [-0.3, -0.25) is 4.79 Å². The van der Waals surface area contributed by atoms with Gasteiger partial charge in [-0.2, -0.15) is 0 Å². The maximum Gasteiger partial charge on any atom is 0.255 e. The summed E-state index contributed by atoms with van der Waals surface area (Å²) < 4.78 is 10.8. The van der Waals surface area contributed by atoms with Crippen LogP contribution in [0.15, 0.2) is 48.5 Å². The molecule has 1 fully saturated rings. The van der Waals surface area contributed by atoms with E-state index in [2.05, 4.69) is 0 Å². The first-order valence-corrected chi connectivity index (χ1v) is 8.49. The van der Waals surface area contributed by atoms with Crippen molar-refractivity contribution in [1.29, 1.82) is 0 Å². The molecule has 0 unspecified atom stereocenters. The van der Waals surface area contributed by atoms with Gasteiger partial charge in [-0.1, -0.05) is 18.2 Å². The number of methoxy groups -OCH3 is 2. The standard InChI is InChI=1S/C18H19NO3S/c1-21-14-8-9-16(22-2)15(12-14)18-19(10-11-23-18)17(20)13-6-4-3-5-7-13/h3-9,12,18H,10-11H2,1-2H3/t18-/m0/s1. The Morgan fingerprint density at radius 1 is 1.13 bits per heavy atom. The lowest BCUT2D eigenvalue weighted by molar-refractivity contribution is 0.0759. The molecule has 120 valence electrons. The van der Waals surface area contributed by atoms with Gasteiger partial charge in [0, 0.05) is 23.4 Å². The smallest absolute Gasteiger partial charge is 0.255 e. The molecule has 2 aromatic carbocycles. The molecule has 2 aromatic rings. The van der Waals surface area contributed by atoms with Gasteiger partial charge in [-0.25, -0.2) is 0 Å². The molecule has 0 aromatic heterocycles. The molecular weight excluding hydrogens is 310 g/mol. The van der Waals surface area contributed by atoms with E-state index in [1.807, 2.05) is 53.4 Å². The molecule has 0 radical (unpaired) electrons. The van der Waals surface area contributed by atoms with Crippen LogP contribution in [0.4, 0.5) is 0 Å². The van der Waals surface area contributed by atoms with Gasteiger partial charge in [0.25, 0.3) is 5.91 Å². The minimum absolute atomic E-state index is 0.0467. The Balaban J connectivity index is 1.94. The molecule has 1 heterocycles. The molecule has 4 nitrogen and oxygen atoms in total. The average Bonchev–Trinajstić information content (AvgIpc) is 3.10. The third-order valence-corrected chi connectivity index (χ3v) is 5.12. The van der Waals surface area contributed by atoms with E-state index in [4.69, 9.17) is 9.47 Å². The van der Waals surface area contributed by atoms with E-state index in [0.717, 1.165) is 29.4 Å². The Morgan fingerprint density at radius 3 is 2.61 bits per heavy atom. The van der Waals surface area contributed by atoms with Gasteiger partial charge in [-0.15, -0.1) is 11.8 Å². The van der Waals surface area contributed by atoms with E-state index in [1.54, 1.807) is 26.0 Å². The number of carbonyl (C=O) groups is 1. The fraction of sp³-hybridized carbons (Fsp3) is 0.278. The SMILES string of the molecule is COc1ccc(OC)c([C@@H]2SCCN2C(=O)c2ccccc2)c1. The van der Waals surface area contributed by atoms with Crippen molar-refractivity contribution < 1.29 is 14.3 Å². The van der Waals surface area contributed by atoms with Crippen molar-refractivity contribution in [3.8, 4) is 11.5 Å². The van der Waals surface area contributed by atoms with Gasteiger partial charge in [0.2, 0.25) is 0 Å². The van der Waals surface area contributed by atoms with Crippen LogP contribution in [0, 0.1) is 0 Å². The molecule has 0 N–H and O–H groups in total. The van der Waals surface area contributed by atoms with E-state index < -0.39 is 0 Å². The van der Waals surface area contributed by atoms with Crippen LogP contribution >= 0.6 is 11.8 Å². The van der Waals surface area contributed by atoms with Crippen LogP contribution in [0.1, 0.15) is 21.3 Å². The van der Waals surface area contributed by atoms with Gasteiger partial charge in [-0.05, 0) is 30.3 Å². The third kappa shape index (κ3) is 3.15. The Hall–Kier alpha value is -2.14.